The lowest BCUT2D eigenvalue weighted by Crippen LogP contribution is -1.93. The van der Waals surface area contributed by atoms with Crippen molar-refractivity contribution in [1.29, 1.82) is 0 Å². The van der Waals surface area contributed by atoms with E-state index in [1.54, 1.807) is 0 Å². The first-order valence-corrected chi connectivity index (χ1v) is 19.9. The normalized spacial score (nSPS) is 12.6. The van der Waals surface area contributed by atoms with Gasteiger partial charge in [0.05, 0.1) is 38.6 Å². The van der Waals surface area contributed by atoms with E-state index in [0.29, 0.717) is 0 Å². The Morgan fingerprint density at radius 3 is 1.27 bits per heavy atom. The van der Waals surface area contributed by atoms with Gasteiger partial charge in [-0.25, -0.2) is 0 Å². The number of rotatable bonds is 2. The molecule has 6 aromatic heterocycles. The molecule has 0 aliphatic rings. The number of aryl methyl sites for hydroxylation is 2. The molecule has 4 nitrogen and oxygen atoms in total. The Labute approximate surface area is 321 Å². The molecule has 0 aliphatic heterocycles. The molecule has 0 aliphatic carbocycles. The fourth-order valence-corrected chi connectivity index (χ4v) is 10.8. The second-order valence-electron chi connectivity index (χ2n) is 15.3. The van der Waals surface area contributed by atoms with Gasteiger partial charge in [-0.3, -0.25) is 0 Å². The number of aromatic nitrogens is 4. The Hall–Kier alpha value is -7.04. The van der Waals surface area contributed by atoms with Gasteiger partial charge in [-0.15, -0.1) is 0 Å². The van der Waals surface area contributed by atoms with Crippen LogP contribution in [0.2, 0.25) is 0 Å². The zero-order valence-electron chi connectivity index (χ0n) is 31.2. The van der Waals surface area contributed by atoms with Crippen molar-refractivity contribution in [2.75, 3.05) is 0 Å². The van der Waals surface area contributed by atoms with Gasteiger partial charge >= 0.3 is 0 Å². The standard InChI is InChI=1S/2C26H18N2/c1-2-27-20-12-5-4-9-18(20)24-22(27)14-15-23-25(24)19-11-7-10-17-16-8-3-6-13-21(16)28(23)26(17)19;1-2-27-21-12-5-3-8-16(21)19-14-15-23-24(26(19)27)20-11-7-10-18-17-9-4-6-13-22(17)28(23)25(18)20/h2*3-15H,2H2,1H3. The highest BCUT2D eigenvalue weighted by molar-refractivity contribution is 6.33. The molecule has 14 aromatic rings. The number of hydrogen-bond donors (Lipinski definition) is 0. The van der Waals surface area contributed by atoms with Crippen molar-refractivity contribution < 1.29 is 0 Å². The van der Waals surface area contributed by atoms with Crippen molar-refractivity contribution in [3.63, 3.8) is 0 Å². The van der Waals surface area contributed by atoms with E-state index in [2.05, 4.69) is 190 Å². The van der Waals surface area contributed by atoms with Gasteiger partial charge in [-0.1, -0.05) is 115 Å². The lowest BCUT2D eigenvalue weighted by atomic mass is 10.0. The first-order valence-electron chi connectivity index (χ1n) is 19.9. The van der Waals surface area contributed by atoms with Crippen LogP contribution in [0.4, 0.5) is 0 Å². The van der Waals surface area contributed by atoms with Crippen LogP contribution in [0.1, 0.15) is 13.8 Å². The van der Waals surface area contributed by atoms with Gasteiger partial charge < -0.3 is 17.9 Å². The molecule has 0 saturated carbocycles. The summed E-state index contributed by atoms with van der Waals surface area (Å²) in [6.07, 6.45) is 0. The van der Waals surface area contributed by atoms with Crippen LogP contribution in [-0.4, -0.2) is 17.9 Å². The van der Waals surface area contributed by atoms with E-state index in [1.807, 2.05) is 0 Å². The third kappa shape index (κ3) is 3.56. The molecule has 0 spiro atoms. The van der Waals surface area contributed by atoms with Gasteiger partial charge in [0.25, 0.3) is 0 Å². The summed E-state index contributed by atoms with van der Waals surface area (Å²) < 4.78 is 9.85. The number of benzene rings is 8. The minimum absolute atomic E-state index is 0.964. The number of hydrogen-bond acceptors (Lipinski definition) is 0. The molecule has 0 saturated heterocycles. The van der Waals surface area contributed by atoms with Gasteiger partial charge in [0.15, 0.2) is 0 Å². The highest BCUT2D eigenvalue weighted by Crippen LogP contribution is 2.45. The summed E-state index contributed by atoms with van der Waals surface area (Å²) in [4.78, 5) is 0. The Kier molecular flexibility index (Phi) is 5.84. The van der Waals surface area contributed by atoms with Crippen LogP contribution in [-0.2, 0) is 13.1 Å². The van der Waals surface area contributed by atoms with E-state index < -0.39 is 0 Å². The van der Waals surface area contributed by atoms with Crippen LogP contribution >= 0.6 is 0 Å². The average Bonchev–Trinajstić information content (AvgIpc) is 4.08. The van der Waals surface area contributed by atoms with Gasteiger partial charge in [-0.05, 0) is 56.3 Å². The molecule has 0 fully saturated rings. The van der Waals surface area contributed by atoms with Crippen molar-refractivity contribution >= 4 is 120 Å². The first kappa shape index (κ1) is 30.3. The lowest BCUT2D eigenvalue weighted by molar-refractivity contribution is 0.827. The van der Waals surface area contributed by atoms with Crippen LogP contribution in [0.5, 0.6) is 0 Å². The third-order valence-corrected chi connectivity index (χ3v) is 12.9. The number of para-hydroxylation sites is 6. The summed E-state index contributed by atoms with van der Waals surface area (Å²) in [6.45, 7) is 6.42. The predicted molar refractivity (Wildman–Crippen MR) is 240 cm³/mol. The average molecular weight is 717 g/mol. The lowest BCUT2D eigenvalue weighted by Gasteiger charge is -2.05. The monoisotopic (exact) mass is 716 g/mol. The van der Waals surface area contributed by atoms with Crippen LogP contribution in [0.15, 0.2) is 158 Å². The maximum atomic E-state index is 2.48. The topological polar surface area (TPSA) is 18.7 Å². The second kappa shape index (κ2) is 10.8. The second-order valence-corrected chi connectivity index (χ2v) is 15.3. The van der Waals surface area contributed by atoms with Gasteiger partial charge in [0.2, 0.25) is 0 Å². The summed E-state index contributed by atoms with van der Waals surface area (Å²) in [5, 5.41) is 16.3. The summed E-state index contributed by atoms with van der Waals surface area (Å²) in [5.41, 5.74) is 13.2. The van der Waals surface area contributed by atoms with Crippen molar-refractivity contribution in [3.8, 4) is 0 Å². The summed E-state index contributed by atoms with van der Waals surface area (Å²) in [5.74, 6) is 0. The molecule has 4 heteroatoms. The molecular weight excluding hydrogens is 681 g/mol. The SMILES string of the molecule is CCn1c2ccccc2c2c3c4cccc5c6ccccc6n(c3ccc21)c54.CCn1c2ccccc2c2ccc3c(c4cccc5c6ccccc6n3c54)c21. The molecule has 0 atom stereocenters. The minimum Gasteiger partial charge on any atom is -0.341 e. The third-order valence-electron chi connectivity index (χ3n) is 12.9. The van der Waals surface area contributed by atoms with E-state index in [1.165, 1.54) is 120 Å². The van der Waals surface area contributed by atoms with Gasteiger partial charge in [0.1, 0.15) is 0 Å². The molecule has 0 N–H and O–H groups in total. The molecule has 56 heavy (non-hydrogen) atoms. The highest BCUT2D eigenvalue weighted by Gasteiger charge is 2.23. The summed E-state index contributed by atoms with van der Waals surface area (Å²) in [7, 11) is 0. The zero-order chi connectivity index (χ0) is 36.8. The molecule has 264 valence electrons. The van der Waals surface area contributed by atoms with Crippen molar-refractivity contribution in [1.82, 2.24) is 17.9 Å². The minimum atomic E-state index is 0.964. The Bertz CT molecular complexity index is 3900. The fourth-order valence-electron chi connectivity index (χ4n) is 10.8. The first-order chi connectivity index (χ1) is 27.8. The van der Waals surface area contributed by atoms with E-state index in [4.69, 9.17) is 0 Å². The van der Waals surface area contributed by atoms with E-state index in [9.17, 15) is 0 Å². The van der Waals surface area contributed by atoms with Crippen molar-refractivity contribution in [3.05, 3.63) is 158 Å². The summed E-state index contributed by atoms with van der Waals surface area (Å²) >= 11 is 0. The van der Waals surface area contributed by atoms with Crippen molar-refractivity contribution in [2.45, 2.75) is 26.9 Å². The molecular formula is C52H36N4. The molecule has 0 radical (unpaired) electrons. The number of nitrogens with zero attached hydrogens (tertiary/aromatic N) is 4. The van der Waals surface area contributed by atoms with Gasteiger partial charge in [0, 0.05) is 94.3 Å². The highest BCUT2D eigenvalue weighted by atomic mass is 15.0. The maximum absolute atomic E-state index is 2.48. The molecule has 14 rings (SSSR count). The van der Waals surface area contributed by atoms with Gasteiger partial charge in [-0.2, -0.15) is 0 Å². The van der Waals surface area contributed by atoms with Crippen LogP contribution in [0.25, 0.3) is 120 Å². The Morgan fingerprint density at radius 2 is 0.661 bits per heavy atom. The number of fused-ring (bicyclic) bond motifs is 20. The largest absolute Gasteiger partial charge is 0.341 e. The van der Waals surface area contributed by atoms with E-state index in [-0.39, 0.29) is 0 Å². The fraction of sp³-hybridized carbons (Fsp3) is 0.0769. The van der Waals surface area contributed by atoms with Crippen molar-refractivity contribution in [2.24, 2.45) is 0 Å². The van der Waals surface area contributed by atoms with Crippen LogP contribution in [0.3, 0.4) is 0 Å². The zero-order valence-corrected chi connectivity index (χ0v) is 31.2. The summed E-state index contributed by atoms with van der Waals surface area (Å²) in [6, 6.07) is 57.9. The molecule has 8 aromatic carbocycles. The van der Waals surface area contributed by atoms with Crippen LogP contribution < -0.4 is 0 Å². The Balaban J connectivity index is 0.000000118. The van der Waals surface area contributed by atoms with Crippen LogP contribution in [0, 0.1) is 0 Å². The quantitative estimate of drug-likeness (QED) is 0.170. The van der Waals surface area contributed by atoms with E-state index in [0.717, 1.165) is 13.1 Å². The maximum Gasteiger partial charge on any atom is 0.0621 e. The predicted octanol–water partition coefficient (Wildman–Crippen LogP) is 13.9. The smallest absolute Gasteiger partial charge is 0.0621 e. The molecule has 0 bridgehead atoms. The molecule has 0 amide bonds. The van der Waals surface area contributed by atoms with E-state index >= 15 is 0 Å². The molecule has 6 heterocycles. The Morgan fingerprint density at radius 1 is 0.268 bits per heavy atom. The molecule has 0 unspecified atom stereocenters.